The second kappa shape index (κ2) is 5.85. The Labute approximate surface area is 133 Å². The second-order valence-electron chi connectivity index (χ2n) is 5.07. The third-order valence-corrected chi connectivity index (χ3v) is 4.44. The molecular weight excluding hydrogens is 296 g/mol. The van der Waals surface area contributed by atoms with Crippen LogP contribution in [0.3, 0.4) is 0 Å². The van der Waals surface area contributed by atoms with Crippen molar-refractivity contribution in [3.8, 4) is 5.69 Å². The third-order valence-electron chi connectivity index (χ3n) is 3.53. The molecular formula is C17H16N2O2S. The summed E-state index contributed by atoms with van der Waals surface area (Å²) in [7, 11) is 0. The molecule has 0 bridgehead atoms. The Bertz CT molecular complexity index is 776. The molecule has 1 aromatic heterocycles. The third kappa shape index (κ3) is 2.60. The van der Waals surface area contributed by atoms with Crippen molar-refractivity contribution in [1.29, 1.82) is 0 Å². The molecule has 0 spiro atoms. The molecule has 2 heterocycles. The SMILES string of the molecule is CCN1C(=O)S/C(=C\c2cccn2-c2cccc(C)c2)C1=O. The summed E-state index contributed by atoms with van der Waals surface area (Å²) < 4.78 is 2.01. The van der Waals surface area contributed by atoms with E-state index in [9.17, 15) is 9.59 Å². The van der Waals surface area contributed by atoms with E-state index in [1.54, 1.807) is 13.0 Å². The topological polar surface area (TPSA) is 42.3 Å². The van der Waals surface area contributed by atoms with Gasteiger partial charge >= 0.3 is 0 Å². The first-order chi connectivity index (χ1) is 10.6. The summed E-state index contributed by atoms with van der Waals surface area (Å²) in [5, 5.41) is -0.201. The molecule has 4 nitrogen and oxygen atoms in total. The molecule has 3 rings (SSSR count). The Balaban J connectivity index is 1.98. The largest absolute Gasteiger partial charge is 0.317 e. The van der Waals surface area contributed by atoms with E-state index < -0.39 is 0 Å². The highest BCUT2D eigenvalue weighted by atomic mass is 32.2. The summed E-state index contributed by atoms with van der Waals surface area (Å²) in [5.74, 6) is -0.213. The Kier molecular flexibility index (Phi) is 3.90. The van der Waals surface area contributed by atoms with E-state index in [-0.39, 0.29) is 11.1 Å². The van der Waals surface area contributed by atoms with E-state index >= 15 is 0 Å². The van der Waals surface area contributed by atoms with Crippen molar-refractivity contribution in [2.45, 2.75) is 13.8 Å². The lowest BCUT2D eigenvalue weighted by Gasteiger charge is -2.08. The van der Waals surface area contributed by atoms with Crippen molar-refractivity contribution in [2.75, 3.05) is 6.54 Å². The summed E-state index contributed by atoms with van der Waals surface area (Å²) in [6, 6.07) is 12.0. The fraction of sp³-hybridized carbons (Fsp3) is 0.176. The maximum Gasteiger partial charge on any atom is 0.293 e. The Morgan fingerprint density at radius 2 is 2.00 bits per heavy atom. The van der Waals surface area contributed by atoms with E-state index in [0.717, 1.165) is 23.1 Å². The highest BCUT2D eigenvalue weighted by Gasteiger charge is 2.33. The zero-order chi connectivity index (χ0) is 15.7. The van der Waals surface area contributed by atoms with Crippen molar-refractivity contribution in [2.24, 2.45) is 0 Å². The van der Waals surface area contributed by atoms with Gasteiger partial charge in [-0.05, 0) is 61.5 Å². The molecule has 0 saturated carbocycles. The number of nitrogens with zero attached hydrogens (tertiary/aromatic N) is 2. The summed E-state index contributed by atoms with van der Waals surface area (Å²) in [6.45, 7) is 4.24. The first kappa shape index (κ1) is 14.7. The molecule has 0 aliphatic carbocycles. The lowest BCUT2D eigenvalue weighted by atomic mass is 10.2. The molecule has 22 heavy (non-hydrogen) atoms. The van der Waals surface area contributed by atoms with Gasteiger partial charge in [0.2, 0.25) is 0 Å². The number of aromatic nitrogens is 1. The van der Waals surface area contributed by atoms with Gasteiger partial charge in [0.05, 0.1) is 4.91 Å². The van der Waals surface area contributed by atoms with Crippen LogP contribution in [0.25, 0.3) is 11.8 Å². The number of carbonyl (C=O) groups is 2. The molecule has 0 N–H and O–H groups in total. The van der Waals surface area contributed by atoms with Crippen LogP contribution < -0.4 is 0 Å². The van der Waals surface area contributed by atoms with E-state index in [1.807, 2.05) is 48.0 Å². The zero-order valence-electron chi connectivity index (χ0n) is 12.4. The normalized spacial score (nSPS) is 16.8. The number of carbonyl (C=O) groups excluding carboxylic acids is 2. The van der Waals surface area contributed by atoms with E-state index in [0.29, 0.717) is 11.4 Å². The molecule has 1 aliphatic rings. The minimum absolute atomic E-state index is 0.201. The van der Waals surface area contributed by atoms with Gasteiger partial charge in [-0.2, -0.15) is 0 Å². The quantitative estimate of drug-likeness (QED) is 0.809. The molecule has 1 aromatic carbocycles. The maximum absolute atomic E-state index is 12.2. The first-order valence-corrected chi connectivity index (χ1v) is 7.91. The van der Waals surface area contributed by atoms with Crippen LogP contribution in [0.15, 0.2) is 47.5 Å². The molecule has 1 aliphatic heterocycles. The Morgan fingerprint density at radius 3 is 2.68 bits per heavy atom. The van der Waals surface area contributed by atoms with Crippen LogP contribution in [0.4, 0.5) is 4.79 Å². The lowest BCUT2D eigenvalue weighted by Crippen LogP contribution is -2.27. The van der Waals surface area contributed by atoms with Gasteiger partial charge in [0.15, 0.2) is 0 Å². The molecule has 112 valence electrons. The molecule has 1 saturated heterocycles. The number of hydrogen-bond acceptors (Lipinski definition) is 3. The van der Waals surface area contributed by atoms with Gasteiger partial charge in [-0.15, -0.1) is 0 Å². The molecule has 2 aromatic rings. The standard InChI is InChI=1S/C17H16N2O2S/c1-3-18-16(20)15(22-17(18)21)11-14-8-5-9-19(14)13-7-4-6-12(2)10-13/h4-11H,3H2,1-2H3/b15-11-. The molecule has 2 amide bonds. The van der Waals surface area contributed by atoms with Crippen molar-refractivity contribution < 1.29 is 9.59 Å². The zero-order valence-corrected chi connectivity index (χ0v) is 13.3. The van der Waals surface area contributed by atoms with Gasteiger partial charge < -0.3 is 4.57 Å². The number of aryl methyl sites for hydroxylation is 1. The van der Waals surface area contributed by atoms with E-state index in [2.05, 4.69) is 6.07 Å². The number of rotatable bonds is 3. The molecule has 5 heteroatoms. The van der Waals surface area contributed by atoms with Gasteiger partial charge in [-0.25, -0.2) is 0 Å². The number of hydrogen-bond donors (Lipinski definition) is 0. The maximum atomic E-state index is 12.2. The minimum Gasteiger partial charge on any atom is -0.317 e. The van der Waals surface area contributed by atoms with Crippen molar-refractivity contribution in [1.82, 2.24) is 9.47 Å². The predicted octanol–water partition coefficient (Wildman–Crippen LogP) is 3.84. The van der Waals surface area contributed by atoms with Crippen molar-refractivity contribution in [3.63, 3.8) is 0 Å². The van der Waals surface area contributed by atoms with Crippen LogP contribution in [-0.2, 0) is 4.79 Å². The van der Waals surface area contributed by atoms with Gasteiger partial charge in [-0.3, -0.25) is 14.5 Å². The summed E-state index contributed by atoms with van der Waals surface area (Å²) >= 11 is 0.997. The van der Waals surface area contributed by atoms with Crippen LogP contribution in [0, 0.1) is 6.92 Å². The number of likely N-dealkylation sites (N-methyl/N-ethyl adjacent to an activating group) is 1. The summed E-state index contributed by atoms with van der Waals surface area (Å²) in [5.41, 5.74) is 3.08. The van der Waals surface area contributed by atoms with Crippen molar-refractivity contribution >= 4 is 29.0 Å². The number of benzene rings is 1. The Morgan fingerprint density at radius 1 is 1.18 bits per heavy atom. The Hall–Kier alpha value is -2.27. The molecule has 1 fully saturated rings. The van der Waals surface area contributed by atoms with Gasteiger partial charge in [-0.1, -0.05) is 12.1 Å². The monoisotopic (exact) mass is 312 g/mol. The fourth-order valence-corrected chi connectivity index (χ4v) is 3.32. The van der Waals surface area contributed by atoms with Gasteiger partial charge in [0.25, 0.3) is 11.1 Å². The van der Waals surface area contributed by atoms with E-state index in [4.69, 9.17) is 0 Å². The van der Waals surface area contributed by atoms with E-state index in [1.165, 1.54) is 10.5 Å². The number of amides is 2. The molecule has 0 atom stereocenters. The first-order valence-electron chi connectivity index (χ1n) is 7.10. The molecule has 0 radical (unpaired) electrons. The second-order valence-corrected chi connectivity index (χ2v) is 6.06. The van der Waals surface area contributed by atoms with Crippen LogP contribution in [-0.4, -0.2) is 27.2 Å². The van der Waals surface area contributed by atoms with Gasteiger partial charge in [0.1, 0.15) is 0 Å². The average molecular weight is 312 g/mol. The average Bonchev–Trinajstić information content (AvgIpc) is 3.05. The van der Waals surface area contributed by atoms with Crippen LogP contribution in [0.1, 0.15) is 18.2 Å². The smallest absolute Gasteiger partial charge is 0.293 e. The van der Waals surface area contributed by atoms with Gasteiger partial charge in [0, 0.05) is 24.1 Å². The summed E-state index contributed by atoms with van der Waals surface area (Å²) in [4.78, 5) is 25.7. The van der Waals surface area contributed by atoms with Crippen molar-refractivity contribution in [3.05, 3.63) is 58.8 Å². The highest BCUT2D eigenvalue weighted by molar-refractivity contribution is 8.18. The molecule has 0 unspecified atom stereocenters. The van der Waals surface area contributed by atoms with Crippen LogP contribution in [0.5, 0.6) is 0 Å². The minimum atomic E-state index is -0.213. The number of thioether (sulfide) groups is 1. The fourth-order valence-electron chi connectivity index (χ4n) is 2.43. The predicted molar refractivity (Wildman–Crippen MR) is 88.9 cm³/mol. The highest BCUT2D eigenvalue weighted by Crippen LogP contribution is 2.32. The van der Waals surface area contributed by atoms with Crippen LogP contribution in [0.2, 0.25) is 0 Å². The summed E-state index contributed by atoms with van der Waals surface area (Å²) in [6.07, 6.45) is 3.73. The lowest BCUT2D eigenvalue weighted by molar-refractivity contribution is -0.122. The number of imide groups is 1. The van der Waals surface area contributed by atoms with Crippen LogP contribution >= 0.6 is 11.8 Å².